The van der Waals surface area contributed by atoms with E-state index in [-0.39, 0.29) is 6.04 Å². The van der Waals surface area contributed by atoms with Crippen LogP contribution >= 0.6 is 0 Å². The molecule has 2 rings (SSSR count). The van der Waals surface area contributed by atoms with Gasteiger partial charge in [0, 0.05) is 12.4 Å². The van der Waals surface area contributed by atoms with Gasteiger partial charge in [0.25, 0.3) is 0 Å². The molecule has 0 aromatic carbocycles. The molecule has 1 atom stereocenters. The Morgan fingerprint density at radius 2 is 2.18 bits per heavy atom. The highest BCUT2D eigenvalue weighted by Crippen LogP contribution is 2.03. The van der Waals surface area contributed by atoms with E-state index in [0.717, 1.165) is 19.4 Å². The minimum absolute atomic E-state index is 0.269. The number of carboxylic acid groups (broad SMARTS) is 1. The van der Waals surface area contributed by atoms with E-state index >= 15 is 0 Å². The Morgan fingerprint density at radius 1 is 1.41 bits per heavy atom. The number of amides is 2. The van der Waals surface area contributed by atoms with Crippen molar-refractivity contribution in [3.05, 3.63) is 24.6 Å². The average molecular weight is 240 g/mol. The van der Waals surface area contributed by atoms with Gasteiger partial charge in [-0.25, -0.2) is 9.80 Å². The molecule has 5 N–H and O–H groups in total. The van der Waals surface area contributed by atoms with Gasteiger partial charge in [0.15, 0.2) is 0 Å². The molecule has 0 aromatic rings. The lowest BCUT2D eigenvalue weighted by atomic mass is 10.2. The smallest absolute Gasteiger partial charge is 0.337 e. The van der Waals surface area contributed by atoms with Crippen molar-refractivity contribution in [2.24, 2.45) is 5.73 Å². The first kappa shape index (κ1) is 13.0. The zero-order chi connectivity index (χ0) is 12.7. The topological polar surface area (TPSA) is 108 Å². The van der Waals surface area contributed by atoms with Crippen LogP contribution in [0.4, 0.5) is 4.79 Å². The highest BCUT2D eigenvalue weighted by molar-refractivity contribution is 5.73. The molecule has 0 bridgehead atoms. The second kappa shape index (κ2) is 6.54. The molecule has 2 aliphatic heterocycles. The van der Waals surface area contributed by atoms with Crippen molar-refractivity contribution in [3.8, 4) is 0 Å². The van der Waals surface area contributed by atoms with Gasteiger partial charge in [-0.05, 0) is 31.5 Å². The summed E-state index contributed by atoms with van der Waals surface area (Å²) in [5, 5.41) is 12.4. The van der Waals surface area contributed by atoms with E-state index in [2.05, 4.69) is 10.7 Å². The summed E-state index contributed by atoms with van der Waals surface area (Å²) in [6.07, 6.45) is 8.42. The Hall–Kier alpha value is -2.02. The van der Waals surface area contributed by atoms with Gasteiger partial charge in [0.2, 0.25) is 0 Å². The fourth-order valence-electron chi connectivity index (χ4n) is 1.39. The van der Waals surface area contributed by atoms with E-state index in [1.54, 1.807) is 24.6 Å². The Morgan fingerprint density at radius 3 is 2.47 bits per heavy atom. The second-order valence-electron chi connectivity index (χ2n) is 3.53. The van der Waals surface area contributed by atoms with E-state index in [9.17, 15) is 9.59 Å². The molecule has 94 valence electrons. The van der Waals surface area contributed by atoms with Crippen LogP contribution in [-0.4, -0.2) is 34.7 Å². The zero-order valence-electron chi connectivity index (χ0n) is 9.30. The SMILES string of the molecule is NC(=O)N1C=CC=CN1.O=C(O)C1CCCN1. The molecule has 1 saturated heterocycles. The predicted molar refractivity (Wildman–Crippen MR) is 61.5 cm³/mol. The molecule has 1 unspecified atom stereocenters. The number of nitrogens with zero attached hydrogens (tertiary/aromatic N) is 1. The third kappa shape index (κ3) is 4.56. The zero-order valence-corrected chi connectivity index (χ0v) is 9.30. The highest BCUT2D eigenvalue weighted by atomic mass is 16.4. The summed E-state index contributed by atoms with van der Waals surface area (Å²) < 4.78 is 0. The first-order chi connectivity index (χ1) is 8.11. The van der Waals surface area contributed by atoms with Crippen molar-refractivity contribution >= 4 is 12.0 Å². The van der Waals surface area contributed by atoms with Crippen molar-refractivity contribution in [2.45, 2.75) is 18.9 Å². The van der Waals surface area contributed by atoms with Gasteiger partial charge < -0.3 is 16.2 Å². The molecule has 17 heavy (non-hydrogen) atoms. The molecule has 0 saturated carbocycles. The van der Waals surface area contributed by atoms with Gasteiger partial charge in [-0.3, -0.25) is 10.2 Å². The van der Waals surface area contributed by atoms with Crippen LogP contribution in [0.5, 0.6) is 0 Å². The van der Waals surface area contributed by atoms with Crippen LogP contribution in [0.25, 0.3) is 0 Å². The summed E-state index contributed by atoms with van der Waals surface area (Å²) >= 11 is 0. The van der Waals surface area contributed by atoms with Crippen LogP contribution in [0.15, 0.2) is 24.6 Å². The second-order valence-corrected chi connectivity index (χ2v) is 3.53. The molecule has 0 aromatic heterocycles. The largest absolute Gasteiger partial charge is 0.480 e. The van der Waals surface area contributed by atoms with Crippen molar-refractivity contribution in [3.63, 3.8) is 0 Å². The number of hydrazine groups is 1. The minimum Gasteiger partial charge on any atom is -0.480 e. The summed E-state index contributed by atoms with van der Waals surface area (Å²) in [5.41, 5.74) is 7.52. The first-order valence-corrected chi connectivity index (χ1v) is 5.25. The number of hydrogen-bond acceptors (Lipinski definition) is 4. The summed E-state index contributed by atoms with van der Waals surface area (Å²) in [7, 11) is 0. The van der Waals surface area contributed by atoms with Crippen LogP contribution in [0.2, 0.25) is 0 Å². The number of carboxylic acids is 1. The van der Waals surface area contributed by atoms with Crippen LogP contribution in [0, 0.1) is 0 Å². The number of hydrogen-bond donors (Lipinski definition) is 4. The molecule has 2 amide bonds. The fourth-order valence-corrected chi connectivity index (χ4v) is 1.39. The number of carbonyl (C=O) groups is 2. The quantitative estimate of drug-likeness (QED) is 0.505. The van der Waals surface area contributed by atoms with Gasteiger partial charge >= 0.3 is 12.0 Å². The van der Waals surface area contributed by atoms with Gasteiger partial charge in [0.1, 0.15) is 6.04 Å². The third-order valence-corrected chi connectivity index (χ3v) is 2.25. The molecule has 7 heteroatoms. The number of aliphatic carboxylic acids is 1. The lowest BCUT2D eigenvalue weighted by Gasteiger charge is -2.16. The van der Waals surface area contributed by atoms with Crippen molar-refractivity contribution in [1.82, 2.24) is 15.8 Å². The maximum absolute atomic E-state index is 10.4. The molecule has 0 spiro atoms. The van der Waals surface area contributed by atoms with Gasteiger partial charge in [-0.15, -0.1) is 0 Å². The fraction of sp³-hybridized carbons (Fsp3) is 0.400. The van der Waals surface area contributed by atoms with E-state index in [0.29, 0.717) is 0 Å². The molecule has 2 aliphatic rings. The van der Waals surface area contributed by atoms with Gasteiger partial charge in [-0.2, -0.15) is 0 Å². The van der Waals surface area contributed by atoms with E-state index < -0.39 is 12.0 Å². The van der Waals surface area contributed by atoms with E-state index in [1.165, 1.54) is 5.01 Å². The van der Waals surface area contributed by atoms with E-state index in [1.807, 2.05) is 0 Å². The number of nitrogens with one attached hydrogen (secondary N) is 2. The first-order valence-electron chi connectivity index (χ1n) is 5.25. The molecule has 7 nitrogen and oxygen atoms in total. The monoisotopic (exact) mass is 240 g/mol. The van der Waals surface area contributed by atoms with Gasteiger partial charge in [0.05, 0.1) is 0 Å². The maximum Gasteiger partial charge on any atom is 0.337 e. The highest BCUT2D eigenvalue weighted by Gasteiger charge is 2.20. The number of carbonyl (C=O) groups excluding carboxylic acids is 1. The molecular formula is C10H16N4O3. The number of urea groups is 1. The predicted octanol–water partition coefficient (Wildman–Crippen LogP) is -0.264. The number of primary amides is 1. The van der Waals surface area contributed by atoms with Crippen LogP contribution in [0.1, 0.15) is 12.8 Å². The van der Waals surface area contributed by atoms with Crippen LogP contribution in [-0.2, 0) is 4.79 Å². The normalized spacial score (nSPS) is 21.4. The number of nitrogens with two attached hydrogens (primary N) is 1. The summed E-state index contributed by atoms with van der Waals surface area (Å²) in [4.78, 5) is 20.5. The lowest BCUT2D eigenvalue weighted by Crippen LogP contribution is -2.39. The van der Waals surface area contributed by atoms with Crippen LogP contribution in [0.3, 0.4) is 0 Å². The van der Waals surface area contributed by atoms with E-state index in [4.69, 9.17) is 10.8 Å². The van der Waals surface area contributed by atoms with Gasteiger partial charge in [-0.1, -0.05) is 0 Å². The summed E-state index contributed by atoms with van der Waals surface area (Å²) in [6.45, 7) is 0.858. The molecule has 1 fully saturated rings. The minimum atomic E-state index is -0.720. The Bertz CT molecular complexity index is 334. The molecule has 0 radical (unpaired) electrons. The number of rotatable bonds is 1. The summed E-state index contributed by atoms with van der Waals surface area (Å²) in [6, 6.07) is -0.786. The van der Waals surface area contributed by atoms with Crippen molar-refractivity contribution in [1.29, 1.82) is 0 Å². The maximum atomic E-state index is 10.4. The summed E-state index contributed by atoms with van der Waals surface area (Å²) in [5.74, 6) is -0.720. The Labute approximate surface area is 98.9 Å². The lowest BCUT2D eigenvalue weighted by molar-refractivity contribution is -0.139. The molecular weight excluding hydrogens is 224 g/mol. The number of allylic oxidation sites excluding steroid dienone is 2. The molecule has 2 heterocycles. The third-order valence-electron chi connectivity index (χ3n) is 2.25. The van der Waals surface area contributed by atoms with Crippen molar-refractivity contribution in [2.75, 3.05) is 6.54 Å². The van der Waals surface area contributed by atoms with Crippen molar-refractivity contribution < 1.29 is 14.7 Å². The Kier molecular flexibility index (Phi) is 5.02. The molecule has 0 aliphatic carbocycles. The average Bonchev–Trinajstić information content (AvgIpc) is 2.84. The Balaban J connectivity index is 0.000000171. The standard InChI is InChI=1S/C5H7N3O.C5H9NO2/c6-5(9)8-4-2-1-3-7-8;7-5(8)4-2-1-3-6-4/h1-4,7H,(H2,6,9);4,6H,1-3H2,(H,7,8). The van der Waals surface area contributed by atoms with Crippen LogP contribution < -0.4 is 16.5 Å².